The van der Waals surface area contributed by atoms with E-state index in [1.54, 1.807) is 19.6 Å². The first-order valence-corrected chi connectivity index (χ1v) is 7.44. The molecule has 122 valence electrons. The number of carbonyl (C=O) groups excluding carboxylic acids is 1. The maximum Gasteiger partial charge on any atom is 0.220 e. The van der Waals surface area contributed by atoms with Crippen LogP contribution < -0.4 is 10.6 Å². The zero-order valence-electron chi connectivity index (χ0n) is 12.8. The third kappa shape index (κ3) is 3.74. The highest BCUT2D eigenvalue weighted by molar-refractivity contribution is 14.0. The lowest BCUT2D eigenvalue weighted by molar-refractivity contribution is -0.119. The highest BCUT2D eigenvalue weighted by Crippen LogP contribution is 2.35. The molecule has 0 saturated carbocycles. The monoisotopic (exact) mass is 418 g/mol. The molecule has 22 heavy (non-hydrogen) atoms. The van der Waals surface area contributed by atoms with Crippen LogP contribution in [0.15, 0.2) is 28.0 Å². The molecule has 2 fully saturated rings. The summed E-state index contributed by atoms with van der Waals surface area (Å²) in [6, 6.07) is 1.94. The van der Waals surface area contributed by atoms with E-state index in [0.29, 0.717) is 13.0 Å². The second-order valence-corrected chi connectivity index (χ2v) is 6.01. The average Bonchev–Trinajstić information content (AvgIpc) is 3.11. The van der Waals surface area contributed by atoms with Crippen LogP contribution in [0.5, 0.6) is 0 Å². The number of likely N-dealkylation sites (tertiary alicyclic amines) is 1. The molecule has 1 amide bonds. The molecule has 2 N–H and O–H groups in total. The van der Waals surface area contributed by atoms with Gasteiger partial charge in [-0.2, -0.15) is 0 Å². The Bertz CT molecular complexity index is 532. The molecule has 2 aliphatic heterocycles. The predicted molar refractivity (Wildman–Crippen MR) is 95.2 cm³/mol. The molecular formula is C15H23IN4O2. The molecule has 6 nitrogen and oxygen atoms in total. The van der Waals surface area contributed by atoms with Crippen molar-refractivity contribution in [2.75, 3.05) is 26.7 Å². The van der Waals surface area contributed by atoms with Crippen LogP contribution in [-0.4, -0.2) is 43.4 Å². The van der Waals surface area contributed by atoms with Crippen LogP contribution in [0.3, 0.4) is 0 Å². The summed E-state index contributed by atoms with van der Waals surface area (Å²) >= 11 is 0. The third-order valence-corrected chi connectivity index (χ3v) is 4.40. The maximum atomic E-state index is 11.6. The fourth-order valence-electron chi connectivity index (χ4n) is 3.34. The van der Waals surface area contributed by atoms with Crippen LogP contribution in [0.1, 0.15) is 24.8 Å². The van der Waals surface area contributed by atoms with Crippen molar-refractivity contribution in [2.45, 2.75) is 25.8 Å². The fraction of sp³-hybridized carbons (Fsp3) is 0.600. The smallest absolute Gasteiger partial charge is 0.220 e. The van der Waals surface area contributed by atoms with Crippen molar-refractivity contribution in [1.82, 2.24) is 15.5 Å². The molecule has 1 aromatic heterocycles. The minimum Gasteiger partial charge on any atom is -0.472 e. The number of amides is 1. The Labute approximate surface area is 147 Å². The molecular weight excluding hydrogens is 395 g/mol. The zero-order chi connectivity index (χ0) is 14.7. The SMILES string of the molecule is CN=C(NCc1ccoc1)N1CCCC2(CNC(=O)C2)C1.I. The van der Waals surface area contributed by atoms with Crippen molar-refractivity contribution >= 4 is 35.8 Å². The lowest BCUT2D eigenvalue weighted by Gasteiger charge is -2.40. The topological polar surface area (TPSA) is 69.9 Å². The molecule has 1 unspecified atom stereocenters. The van der Waals surface area contributed by atoms with E-state index in [-0.39, 0.29) is 35.3 Å². The minimum absolute atomic E-state index is 0. The summed E-state index contributed by atoms with van der Waals surface area (Å²) in [6.45, 7) is 3.36. The summed E-state index contributed by atoms with van der Waals surface area (Å²) in [5.74, 6) is 1.08. The van der Waals surface area contributed by atoms with Gasteiger partial charge in [-0.1, -0.05) is 0 Å². The zero-order valence-corrected chi connectivity index (χ0v) is 15.1. The summed E-state index contributed by atoms with van der Waals surface area (Å²) < 4.78 is 5.07. The van der Waals surface area contributed by atoms with Crippen LogP contribution in [0, 0.1) is 5.41 Å². The normalized spacial score (nSPS) is 25.0. The van der Waals surface area contributed by atoms with Crippen molar-refractivity contribution in [1.29, 1.82) is 0 Å². The van der Waals surface area contributed by atoms with E-state index >= 15 is 0 Å². The van der Waals surface area contributed by atoms with E-state index in [4.69, 9.17) is 4.42 Å². The molecule has 2 saturated heterocycles. The Morgan fingerprint density at radius 2 is 2.45 bits per heavy atom. The fourth-order valence-corrected chi connectivity index (χ4v) is 3.34. The Morgan fingerprint density at radius 1 is 1.59 bits per heavy atom. The van der Waals surface area contributed by atoms with Gasteiger partial charge in [-0.05, 0) is 18.9 Å². The largest absolute Gasteiger partial charge is 0.472 e. The number of nitrogens with zero attached hydrogens (tertiary/aromatic N) is 2. The van der Waals surface area contributed by atoms with E-state index < -0.39 is 0 Å². The molecule has 3 heterocycles. The van der Waals surface area contributed by atoms with Gasteiger partial charge >= 0.3 is 0 Å². The van der Waals surface area contributed by atoms with E-state index in [9.17, 15) is 4.79 Å². The van der Waals surface area contributed by atoms with Gasteiger partial charge in [0.05, 0.1) is 12.5 Å². The first-order valence-electron chi connectivity index (χ1n) is 7.44. The van der Waals surface area contributed by atoms with Gasteiger partial charge < -0.3 is 20.0 Å². The minimum atomic E-state index is 0. The molecule has 0 aliphatic carbocycles. The lowest BCUT2D eigenvalue weighted by atomic mass is 9.79. The Hall–Kier alpha value is -1.25. The van der Waals surface area contributed by atoms with Crippen molar-refractivity contribution in [3.05, 3.63) is 24.2 Å². The number of furan rings is 1. The van der Waals surface area contributed by atoms with Gasteiger partial charge in [-0.15, -0.1) is 24.0 Å². The van der Waals surface area contributed by atoms with Crippen LogP contribution in [0.4, 0.5) is 0 Å². The van der Waals surface area contributed by atoms with Crippen molar-refractivity contribution < 1.29 is 9.21 Å². The molecule has 3 rings (SSSR count). The number of rotatable bonds is 2. The standard InChI is InChI=1S/C15H22N4O2.HI/c1-16-14(17-8-12-3-6-21-9-12)19-5-2-4-15(11-19)7-13(20)18-10-15;/h3,6,9H,2,4-5,7-8,10-11H2,1H3,(H,16,17)(H,18,20);1H. The van der Waals surface area contributed by atoms with Crippen molar-refractivity contribution in [3.63, 3.8) is 0 Å². The lowest BCUT2D eigenvalue weighted by Crippen LogP contribution is -2.51. The molecule has 1 aromatic rings. The number of aliphatic imine (C=N–C) groups is 1. The Balaban J connectivity index is 0.00000176. The van der Waals surface area contributed by atoms with Crippen LogP contribution in [-0.2, 0) is 11.3 Å². The van der Waals surface area contributed by atoms with Crippen LogP contribution >= 0.6 is 24.0 Å². The first-order chi connectivity index (χ1) is 10.2. The highest BCUT2D eigenvalue weighted by Gasteiger charge is 2.42. The predicted octanol–water partition coefficient (Wildman–Crippen LogP) is 1.58. The van der Waals surface area contributed by atoms with Gasteiger partial charge in [0.25, 0.3) is 0 Å². The summed E-state index contributed by atoms with van der Waals surface area (Å²) in [6.07, 6.45) is 6.26. The Kier molecular flexibility index (Phi) is 5.71. The number of piperidine rings is 1. The summed E-state index contributed by atoms with van der Waals surface area (Å²) in [4.78, 5) is 18.2. The molecule has 1 spiro atoms. The van der Waals surface area contributed by atoms with Gasteiger partial charge in [0.2, 0.25) is 5.91 Å². The third-order valence-electron chi connectivity index (χ3n) is 4.40. The summed E-state index contributed by atoms with van der Waals surface area (Å²) in [7, 11) is 1.80. The van der Waals surface area contributed by atoms with Crippen molar-refractivity contribution in [2.24, 2.45) is 10.4 Å². The van der Waals surface area contributed by atoms with Gasteiger partial charge in [0, 0.05) is 50.6 Å². The highest BCUT2D eigenvalue weighted by atomic mass is 127. The molecule has 2 aliphatic rings. The molecule has 1 atom stereocenters. The average molecular weight is 418 g/mol. The summed E-state index contributed by atoms with van der Waals surface area (Å²) in [5, 5.41) is 6.34. The number of guanidine groups is 1. The molecule has 7 heteroatoms. The first kappa shape index (κ1) is 17.1. The number of hydrogen-bond acceptors (Lipinski definition) is 3. The quantitative estimate of drug-likeness (QED) is 0.435. The van der Waals surface area contributed by atoms with E-state index in [0.717, 1.165) is 44.0 Å². The van der Waals surface area contributed by atoms with E-state index in [1.807, 2.05) is 6.07 Å². The van der Waals surface area contributed by atoms with Gasteiger partial charge in [-0.25, -0.2) is 0 Å². The van der Waals surface area contributed by atoms with E-state index in [1.165, 1.54) is 0 Å². The number of nitrogens with one attached hydrogen (secondary N) is 2. The van der Waals surface area contributed by atoms with Gasteiger partial charge in [0.1, 0.15) is 0 Å². The number of carbonyl (C=O) groups is 1. The number of hydrogen-bond donors (Lipinski definition) is 2. The van der Waals surface area contributed by atoms with E-state index in [2.05, 4.69) is 20.5 Å². The number of halogens is 1. The maximum absolute atomic E-state index is 11.6. The Morgan fingerprint density at radius 3 is 3.09 bits per heavy atom. The molecule has 0 aromatic carbocycles. The molecule has 0 bridgehead atoms. The summed E-state index contributed by atoms with van der Waals surface area (Å²) in [5.41, 5.74) is 1.18. The molecule has 0 radical (unpaired) electrons. The van der Waals surface area contributed by atoms with Crippen LogP contribution in [0.25, 0.3) is 0 Å². The van der Waals surface area contributed by atoms with Gasteiger partial charge in [0.15, 0.2) is 5.96 Å². The second kappa shape index (κ2) is 7.34. The van der Waals surface area contributed by atoms with Gasteiger partial charge in [-0.3, -0.25) is 9.79 Å². The van der Waals surface area contributed by atoms with Crippen LogP contribution in [0.2, 0.25) is 0 Å². The second-order valence-electron chi connectivity index (χ2n) is 6.01. The van der Waals surface area contributed by atoms with Crippen molar-refractivity contribution in [3.8, 4) is 0 Å².